The molecule has 20 heavy (non-hydrogen) atoms. The second-order valence-electron chi connectivity index (χ2n) is 5.17. The van der Waals surface area contributed by atoms with E-state index < -0.39 is 5.79 Å². The van der Waals surface area contributed by atoms with Gasteiger partial charge in [-0.3, -0.25) is 0 Å². The molecule has 2 aromatic rings. The van der Waals surface area contributed by atoms with Gasteiger partial charge in [0.25, 0.3) is 0 Å². The van der Waals surface area contributed by atoms with Gasteiger partial charge in [-0.25, -0.2) is 0 Å². The van der Waals surface area contributed by atoms with Crippen molar-refractivity contribution in [1.82, 2.24) is 0 Å². The molecule has 0 aliphatic rings. The summed E-state index contributed by atoms with van der Waals surface area (Å²) in [6, 6.07) is 18.4. The Bertz CT molecular complexity index is 525. The Morgan fingerprint density at radius 2 is 1.25 bits per heavy atom. The fraction of sp³-hybridized carbons (Fsp3) is 0.333. The number of rotatable bonds is 5. The number of hydrogen-bond acceptors (Lipinski definition) is 2. The van der Waals surface area contributed by atoms with Gasteiger partial charge in [0.15, 0.2) is 0 Å². The Morgan fingerprint density at radius 1 is 0.750 bits per heavy atom. The lowest BCUT2D eigenvalue weighted by molar-refractivity contribution is -0.183. The zero-order valence-corrected chi connectivity index (χ0v) is 12.6. The monoisotopic (exact) mass is 270 g/mol. The minimum atomic E-state index is -0.850. The lowest BCUT2D eigenvalue weighted by atomic mass is 9.94. The Labute approximate surface area is 121 Å². The number of methoxy groups -OCH3 is 2. The van der Waals surface area contributed by atoms with Crippen molar-refractivity contribution < 1.29 is 9.47 Å². The van der Waals surface area contributed by atoms with Crippen LogP contribution in [0.5, 0.6) is 0 Å². The minimum absolute atomic E-state index is 0.514. The molecule has 0 unspecified atom stereocenters. The van der Waals surface area contributed by atoms with Crippen molar-refractivity contribution in [3.8, 4) is 0 Å². The van der Waals surface area contributed by atoms with E-state index in [4.69, 9.17) is 9.47 Å². The largest absolute Gasteiger partial charge is 0.346 e. The van der Waals surface area contributed by atoms with E-state index in [1.54, 1.807) is 14.2 Å². The van der Waals surface area contributed by atoms with Crippen molar-refractivity contribution in [3.63, 3.8) is 0 Å². The van der Waals surface area contributed by atoms with E-state index in [1.807, 2.05) is 30.3 Å². The third-order valence-corrected chi connectivity index (χ3v) is 3.69. The number of hydrogen-bond donors (Lipinski definition) is 0. The first-order valence-electron chi connectivity index (χ1n) is 6.90. The van der Waals surface area contributed by atoms with Crippen molar-refractivity contribution in [2.75, 3.05) is 14.2 Å². The molecule has 0 fully saturated rings. The van der Waals surface area contributed by atoms with Gasteiger partial charge in [-0.2, -0.15) is 0 Å². The summed E-state index contributed by atoms with van der Waals surface area (Å²) in [4.78, 5) is 0. The van der Waals surface area contributed by atoms with E-state index in [1.165, 1.54) is 5.56 Å². The fourth-order valence-corrected chi connectivity index (χ4v) is 2.47. The maximum atomic E-state index is 5.74. The maximum absolute atomic E-state index is 5.74. The highest BCUT2D eigenvalue weighted by molar-refractivity contribution is 5.36. The molecule has 0 heterocycles. The standard InChI is InChI=1S/C18H22O2/c1-14(2)15-10-12-17(13-11-15)18(19-3,20-4)16-8-6-5-7-9-16/h5-14H,1-4H3. The van der Waals surface area contributed by atoms with Crippen LogP contribution in [0.1, 0.15) is 36.5 Å². The average molecular weight is 270 g/mol. The molecule has 0 aromatic heterocycles. The maximum Gasteiger partial charge on any atom is 0.221 e. The van der Waals surface area contributed by atoms with Crippen LogP contribution in [0.25, 0.3) is 0 Å². The molecule has 0 amide bonds. The Hall–Kier alpha value is -1.64. The summed E-state index contributed by atoms with van der Waals surface area (Å²) >= 11 is 0. The highest BCUT2D eigenvalue weighted by Gasteiger charge is 2.34. The highest BCUT2D eigenvalue weighted by atomic mass is 16.7. The van der Waals surface area contributed by atoms with Gasteiger partial charge in [-0.05, 0) is 11.5 Å². The van der Waals surface area contributed by atoms with Crippen LogP contribution >= 0.6 is 0 Å². The molecular formula is C18H22O2. The summed E-state index contributed by atoms with van der Waals surface area (Å²) in [7, 11) is 3.35. The summed E-state index contributed by atoms with van der Waals surface area (Å²) in [5.74, 6) is -0.336. The average Bonchev–Trinajstić information content (AvgIpc) is 2.51. The van der Waals surface area contributed by atoms with Crippen LogP contribution in [-0.2, 0) is 15.3 Å². The van der Waals surface area contributed by atoms with Crippen molar-refractivity contribution in [2.24, 2.45) is 0 Å². The molecule has 2 rings (SSSR count). The molecule has 0 spiro atoms. The SMILES string of the molecule is COC(OC)(c1ccccc1)c1ccc(C(C)C)cc1. The quantitative estimate of drug-likeness (QED) is 0.754. The van der Waals surface area contributed by atoms with Crippen LogP contribution in [0.3, 0.4) is 0 Å². The van der Waals surface area contributed by atoms with Gasteiger partial charge in [0.05, 0.1) is 0 Å². The molecular weight excluding hydrogens is 248 g/mol. The van der Waals surface area contributed by atoms with E-state index in [0.717, 1.165) is 11.1 Å². The minimum Gasteiger partial charge on any atom is -0.346 e. The van der Waals surface area contributed by atoms with Gasteiger partial charge in [-0.1, -0.05) is 68.4 Å². The Kier molecular flexibility index (Phi) is 4.58. The van der Waals surface area contributed by atoms with E-state index >= 15 is 0 Å². The molecule has 0 N–H and O–H groups in total. The highest BCUT2D eigenvalue weighted by Crippen LogP contribution is 2.34. The predicted molar refractivity (Wildman–Crippen MR) is 81.8 cm³/mol. The molecule has 2 heteroatoms. The zero-order valence-electron chi connectivity index (χ0n) is 12.6. The molecule has 0 atom stereocenters. The van der Waals surface area contributed by atoms with Gasteiger partial charge in [0.2, 0.25) is 5.79 Å². The van der Waals surface area contributed by atoms with E-state index in [0.29, 0.717) is 5.92 Å². The van der Waals surface area contributed by atoms with E-state index in [9.17, 15) is 0 Å². The first-order chi connectivity index (χ1) is 9.64. The molecule has 0 aliphatic carbocycles. The normalized spacial score (nSPS) is 11.8. The van der Waals surface area contributed by atoms with Crippen molar-refractivity contribution in [3.05, 3.63) is 71.3 Å². The molecule has 2 aromatic carbocycles. The smallest absolute Gasteiger partial charge is 0.221 e. The van der Waals surface area contributed by atoms with Crippen LogP contribution in [0.15, 0.2) is 54.6 Å². The lowest BCUT2D eigenvalue weighted by Gasteiger charge is -2.32. The summed E-state index contributed by atoms with van der Waals surface area (Å²) in [6.45, 7) is 4.37. The van der Waals surface area contributed by atoms with Gasteiger partial charge in [0, 0.05) is 25.3 Å². The zero-order chi connectivity index (χ0) is 14.6. The number of benzene rings is 2. The van der Waals surface area contributed by atoms with Gasteiger partial charge >= 0.3 is 0 Å². The molecule has 0 saturated carbocycles. The van der Waals surface area contributed by atoms with Crippen molar-refractivity contribution in [2.45, 2.75) is 25.6 Å². The summed E-state index contributed by atoms with van der Waals surface area (Å²) in [5, 5.41) is 0. The lowest BCUT2D eigenvalue weighted by Crippen LogP contribution is -2.32. The second-order valence-corrected chi connectivity index (χ2v) is 5.17. The molecule has 0 bridgehead atoms. The molecule has 0 aliphatic heterocycles. The van der Waals surface area contributed by atoms with E-state index in [2.05, 4.69) is 38.1 Å². The van der Waals surface area contributed by atoms with Crippen LogP contribution in [0.4, 0.5) is 0 Å². The first kappa shape index (κ1) is 14.8. The second kappa shape index (κ2) is 6.21. The van der Waals surface area contributed by atoms with Gasteiger partial charge < -0.3 is 9.47 Å². The summed E-state index contributed by atoms with van der Waals surface area (Å²) in [5.41, 5.74) is 3.29. The predicted octanol–water partition coefficient (Wildman–Crippen LogP) is 4.30. The third-order valence-electron chi connectivity index (χ3n) is 3.69. The molecule has 0 radical (unpaired) electrons. The van der Waals surface area contributed by atoms with Gasteiger partial charge in [0.1, 0.15) is 0 Å². The first-order valence-corrected chi connectivity index (χ1v) is 6.90. The van der Waals surface area contributed by atoms with Crippen LogP contribution in [0.2, 0.25) is 0 Å². The Balaban J connectivity index is 2.48. The summed E-state index contributed by atoms with van der Waals surface area (Å²) < 4.78 is 11.5. The molecule has 2 nitrogen and oxygen atoms in total. The third kappa shape index (κ3) is 2.62. The Morgan fingerprint density at radius 3 is 1.70 bits per heavy atom. The van der Waals surface area contributed by atoms with Crippen LogP contribution < -0.4 is 0 Å². The molecule has 106 valence electrons. The topological polar surface area (TPSA) is 18.5 Å². The van der Waals surface area contributed by atoms with Crippen molar-refractivity contribution >= 4 is 0 Å². The van der Waals surface area contributed by atoms with Gasteiger partial charge in [-0.15, -0.1) is 0 Å². The van der Waals surface area contributed by atoms with E-state index in [-0.39, 0.29) is 0 Å². The molecule has 0 saturated heterocycles. The van der Waals surface area contributed by atoms with Crippen LogP contribution in [0, 0.1) is 0 Å². The van der Waals surface area contributed by atoms with Crippen molar-refractivity contribution in [1.29, 1.82) is 0 Å². The summed E-state index contributed by atoms with van der Waals surface area (Å²) in [6.07, 6.45) is 0. The fourth-order valence-electron chi connectivity index (χ4n) is 2.47. The number of ether oxygens (including phenoxy) is 2. The van der Waals surface area contributed by atoms with Crippen LogP contribution in [-0.4, -0.2) is 14.2 Å².